The first-order valence-electron chi connectivity index (χ1n) is 19.0. The topological polar surface area (TPSA) is 44.1 Å². The molecule has 6 aromatic carbocycles. The molecule has 244 valence electrons. The second-order valence-electron chi connectivity index (χ2n) is 13.3. The van der Waals surface area contributed by atoms with Gasteiger partial charge in [-0.05, 0) is 70.6 Å². The van der Waals surface area contributed by atoms with Crippen LogP contribution in [-0.4, -0.2) is 9.55 Å². The number of pyridine rings is 1. The molecule has 0 amide bonds. The molecule has 0 N–H and O–H groups in total. The summed E-state index contributed by atoms with van der Waals surface area (Å²) in [6, 6.07) is 40.3. The van der Waals surface area contributed by atoms with Crippen LogP contribution in [0.1, 0.15) is 33.2 Å². The average molecular weight is 674 g/mol. The molecule has 0 spiro atoms. The fourth-order valence-electron chi connectivity index (χ4n) is 6.47. The van der Waals surface area contributed by atoms with E-state index >= 15 is 4.57 Å². The Balaban J connectivity index is 1.29. The van der Waals surface area contributed by atoms with Crippen molar-refractivity contribution in [2.75, 3.05) is 0 Å². The Morgan fingerprint density at radius 1 is 0.620 bits per heavy atom. The van der Waals surface area contributed by atoms with Crippen LogP contribution in [0.2, 0.25) is 0 Å². The first-order chi connectivity index (χ1) is 26.4. The predicted molar refractivity (Wildman–Crippen MR) is 209 cm³/mol. The van der Waals surface area contributed by atoms with E-state index in [0.29, 0.717) is 28.2 Å². The van der Waals surface area contributed by atoms with E-state index in [9.17, 15) is 0 Å². The van der Waals surface area contributed by atoms with Crippen LogP contribution in [0.4, 0.5) is 0 Å². The van der Waals surface area contributed by atoms with E-state index in [0.717, 1.165) is 38.0 Å². The third kappa shape index (κ3) is 5.72. The third-order valence-electron chi connectivity index (χ3n) is 9.02. The Bertz CT molecular complexity index is 2740. The van der Waals surface area contributed by atoms with E-state index in [4.69, 9.17) is 16.6 Å². The second kappa shape index (κ2) is 12.6. The SMILES string of the molecule is [2H]c1c([2H])c([2H])c(-c2ccc3c(c2)c2ccc(Oc4cccc(P(=O)(c5ccccc5)c5ccccc5)c4)cc2n3-c2cc(C(C)(C)C)ccn2)c([2H])c1[2H]. The highest BCUT2D eigenvalue weighted by Gasteiger charge is 2.30. The lowest BCUT2D eigenvalue weighted by Gasteiger charge is -2.20. The number of hydrogen-bond donors (Lipinski definition) is 0. The number of aromatic nitrogens is 2. The van der Waals surface area contributed by atoms with Crippen molar-refractivity contribution in [3.63, 3.8) is 0 Å². The third-order valence-corrected chi connectivity index (χ3v) is 12.1. The predicted octanol–water partition coefficient (Wildman–Crippen LogP) is 10.6. The van der Waals surface area contributed by atoms with Crippen molar-refractivity contribution in [3.05, 3.63) is 175 Å². The number of rotatable bonds is 7. The molecule has 5 heteroatoms. The molecule has 2 heterocycles. The zero-order chi connectivity index (χ0) is 38.6. The molecule has 0 bridgehead atoms. The van der Waals surface area contributed by atoms with Crippen LogP contribution in [0.5, 0.6) is 11.5 Å². The molecule has 2 aromatic heterocycles. The van der Waals surface area contributed by atoms with E-state index < -0.39 is 13.2 Å². The van der Waals surface area contributed by atoms with Crippen molar-refractivity contribution in [2.45, 2.75) is 26.2 Å². The molecule has 0 aliphatic rings. The quantitative estimate of drug-likeness (QED) is 0.158. The summed E-state index contributed by atoms with van der Waals surface area (Å²) in [6.45, 7) is 6.46. The van der Waals surface area contributed by atoms with Gasteiger partial charge in [0.25, 0.3) is 0 Å². The van der Waals surface area contributed by atoms with Crippen LogP contribution >= 0.6 is 7.14 Å². The lowest BCUT2D eigenvalue weighted by Crippen LogP contribution is -2.24. The molecule has 0 saturated carbocycles. The molecule has 4 nitrogen and oxygen atoms in total. The van der Waals surface area contributed by atoms with Gasteiger partial charge in [0, 0.05) is 38.9 Å². The fraction of sp³-hybridized carbons (Fsp3) is 0.0889. The number of nitrogens with zero attached hydrogens (tertiary/aromatic N) is 2. The largest absolute Gasteiger partial charge is 0.457 e. The number of ether oxygens (including phenoxy) is 1. The zero-order valence-electron chi connectivity index (χ0n) is 32.9. The van der Waals surface area contributed by atoms with Gasteiger partial charge in [0.05, 0.1) is 17.9 Å². The summed E-state index contributed by atoms with van der Waals surface area (Å²) < 4.78 is 65.6. The molecule has 0 fully saturated rings. The Hall–Kier alpha value is -5.70. The zero-order valence-corrected chi connectivity index (χ0v) is 28.8. The molecule has 0 aliphatic heterocycles. The highest BCUT2D eigenvalue weighted by Crippen LogP contribution is 2.43. The first kappa shape index (κ1) is 26.2. The summed E-state index contributed by atoms with van der Waals surface area (Å²) in [5, 5.41) is 3.81. The second-order valence-corrected chi connectivity index (χ2v) is 16.0. The maximum absolute atomic E-state index is 15.1. The number of benzene rings is 6. The molecule has 50 heavy (non-hydrogen) atoms. The summed E-state index contributed by atoms with van der Waals surface area (Å²) >= 11 is 0. The van der Waals surface area contributed by atoms with Crippen LogP contribution in [-0.2, 0) is 9.98 Å². The molecular formula is C45H37N2O2P. The Morgan fingerprint density at radius 2 is 1.30 bits per heavy atom. The minimum Gasteiger partial charge on any atom is -0.457 e. The first-order valence-corrected chi connectivity index (χ1v) is 18.2. The van der Waals surface area contributed by atoms with Gasteiger partial charge in [0.1, 0.15) is 17.3 Å². The molecule has 0 unspecified atom stereocenters. The molecule has 0 atom stereocenters. The van der Waals surface area contributed by atoms with Crippen molar-refractivity contribution in [3.8, 4) is 28.4 Å². The average Bonchev–Trinajstić information content (AvgIpc) is 3.52. The molecule has 0 saturated heterocycles. The van der Waals surface area contributed by atoms with Crippen molar-refractivity contribution in [1.29, 1.82) is 0 Å². The fourth-order valence-corrected chi connectivity index (χ4v) is 9.15. The van der Waals surface area contributed by atoms with Gasteiger partial charge in [0.2, 0.25) is 0 Å². The highest BCUT2D eigenvalue weighted by molar-refractivity contribution is 7.85. The summed E-state index contributed by atoms with van der Waals surface area (Å²) in [5.74, 6) is 1.79. The summed E-state index contributed by atoms with van der Waals surface area (Å²) in [6.07, 6.45) is 1.80. The highest BCUT2D eigenvalue weighted by atomic mass is 31.2. The summed E-state index contributed by atoms with van der Waals surface area (Å²) in [7, 11) is -3.23. The van der Waals surface area contributed by atoms with Gasteiger partial charge < -0.3 is 9.30 Å². The van der Waals surface area contributed by atoms with Crippen molar-refractivity contribution in [2.24, 2.45) is 0 Å². The van der Waals surface area contributed by atoms with Gasteiger partial charge in [-0.25, -0.2) is 4.98 Å². The van der Waals surface area contributed by atoms with Crippen LogP contribution < -0.4 is 20.7 Å². The van der Waals surface area contributed by atoms with E-state index in [-0.39, 0.29) is 35.1 Å². The lowest BCUT2D eigenvalue weighted by atomic mass is 9.88. The number of hydrogen-bond acceptors (Lipinski definition) is 3. The van der Waals surface area contributed by atoms with Gasteiger partial charge in [-0.1, -0.05) is 130 Å². The smallest absolute Gasteiger partial charge is 0.171 e. The maximum atomic E-state index is 15.1. The van der Waals surface area contributed by atoms with E-state index in [1.165, 1.54) is 0 Å². The van der Waals surface area contributed by atoms with Crippen molar-refractivity contribution in [1.82, 2.24) is 9.55 Å². The van der Waals surface area contributed by atoms with Crippen LogP contribution in [0.25, 0.3) is 38.8 Å². The molecule has 0 radical (unpaired) electrons. The van der Waals surface area contributed by atoms with E-state index in [1.54, 1.807) is 12.3 Å². The van der Waals surface area contributed by atoms with Crippen LogP contribution in [0, 0.1) is 0 Å². The Kier molecular flexibility index (Phi) is 6.62. The van der Waals surface area contributed by atoms with Crippen LogP contribution in [0.3, 0.4) is 0 Å². The van der Waals surface area contributed by atoms with Crippen LogP contribution in [0.15, 0.2) is 170 Å². The van der Waals surface area contributed by atoms with Gasteiger partial charge in [0.15, 0.2) is 7.14 Å². The standard InChI is InChI=1S/C45H37N2O2P/c1-45(2,3)34-26-27-46-44(29-34)47-42-25-22-33(32-14-7-4-8-15-32)28-41(42)40-24-23-36(31-43(40)47)49-35-16-13-21-39(30-35)50(48,37-17-9-5-10-18-37)38-19-11-6-12-20-38/h4-31H,1-3H3/i4D,7D,8D,14D,15D. The molecule has 8 aromatic rings. The van der Waals surface area contributed by atoms with Gasteiger partial charge in [-0.3, -0.25) is 4.57 Å². The van der Waals surface area contributed by atoms with Gasteiger partial charge in [-0.15, -0.1) is 0 Å². The summed E-state index contributed by atoms with van der Waals surface area (Å²) in [5.41, 5.74) is 3.26. The van der Waals surface area contributed by atoms with Gasteiger partial charge in [-0.2, -0.15) is 0 Å². The van der Waals surface area contributed by atoms with E-state index in [2.05, 4.69) is 31.4 Å². The molecule has 8 rings (SSSR count). The van der Waals surface area contributed by atoms with Gasteiger partial charge >= 0.3 is 0 Å². The Labute approximate surface area is 300 Å². The number of fused-ring (bicyclic) bond motifs is 3. The maximum Gasteiger partial charge on any atom is 0.171 e. The van der Waals surface area contributed by atoms with Crippen molar-refractivity contribution < 1.29 is 16.2 Å². The summed E-state index contributed by atoms with van der Waals surface area (Å²) in [4.78, 5) is 4.81. The molecule has 0 aliphatic carbocycles. The Morgan fingerprint density at radius 3 is 2.00 bits per heavy atom. The lowest BCUT2D eigenvalue weighted by molar-refractivity contribution is 0.483. The normalized spacial score (nSPS) is 13.4. The van der Waals surface area contributed by atoms with Crippen molar-refractivity contribution >= 4 is 44.9 Å². The minimum atomic E-state index is -3.23. The monoisotopic (exact) mass is 673 g/mol. The minimum absolute atomic E-state index is 0.136. The van der Waals surface area contributed by atoms with E-state index in [1.807, 2.05) is 121 Å². The molecular weight excluding hydrogens is 631 g/mol.